The molecule has 0 aromatic carbocycles. The van der Waals surface area contributed by atoms with Crippen LogP contribution < -0.4 is 59.1 Å². The van der Waals surface area contributed by atoms with Crippen LogP contribution in [-0.4, -0.2) is 0 Å². The van der Waals surface area contributed by atoms with Gasteiger partial charge in [-0.25, -0.2) is 0 Å². The van der Waals surface area contributed by atoms with E-state index in [2.05, 4.69) is 0 Å². The molecule has 0 spiro atoms. The molecule has 0 saturated carbocycles. The molecule has 0 aliphatic heterocycles. The molecule has 0 rings (SSSR count). The molecular formula is F7Na2Ta. The molecule has 0 saturated heterocycles. The molecular weight excluding hydrogens is 360 g/mol. The van der Waals surface area contributed by atoms with Gasteiger partial charge in [0.05, 0.1) is 0 Å². The Bertz CT molecular complexity index is 104. The molecule has 0 unspecified atom stereocenters. The van der Waals surface area contributed by atoms with Crippen LogP contribution in [0.5, 0.6) is 0 Å². The van der Waals surface area contributed by atoms with E-state index in [1.165, 1.54) is 0 Å². The number of rotatable bonds is 0. The van der Waals surface area contributed by atoms with Gasteiger partial charge >= 0.3 is 97.3 Å². The Labute approximate surface area is 95.8 Å². The fraction of sp³-hybridized carbons (Fsp3) is 0. The van der Waals surface area contributed by atoms with Gasteiger partial charge in [0.2, 0.25) is 0 Å². The number of hydrogen-bond acceptors (Lipinski definition) is 0. The summed E-state index contributed by atoms with van der Waals surface area (Å²) in [6.45, 7) is 0. The van der Waals surface area contributed by atoms with Crippen LogP contribution in [0.2, 0.25) is 0 Å². The zero-order valence-electron chi connectivity index (χ0n) is 5.09. The third-order valence-electron chi connectivity index (χ3n) is 0. The third kappa shape index (κ3) is 173. The molecule has 0 amide bonds. The average molecular weight is 360 g/mol. The first-order valence-electron chi connectivity index (χ1n) is 1.18. The summed E-state index contributed by atoms with van der Waals surface area (Å²) >= 11 is -13.4. The molecule has 0 aromatic rings. The fourth-order valence-corrected chi connectivity index (χ4v) is 0. The van der Waals surface area contributed by atoms with E-state index in [1.807, 2.05) is 0 Å². The Kier molecular flexibility index (Phi) is 3.96. The summed E-state index contributed by atoms with van der Waals surface area (Å²) in [5.41, 5.74) is 0. The standard InChI is InChI=1S/7FH.2Na.Ta/h7*1H;;;/q;;;;;;;2*+1;+5/p-7. The molecule has 0 heterocycles. The first kappa shape index (κ1) is 18.1. The molecule has 0 bridgehead atoms. The topological polar surface area (TPSA) is 0 Å². The smallest absolute Gasteiger partial charge is 1.00 e. The van der Waals surface area contributed by atoms with Crippen LogP contribution >= 0.6 is 0 Å². The molecule has 0 N–H and O–H groups in total. The van der Waals surface area contributed by atoms with Gasteiger partial charge in [-0.2, -0.15) is 0 Å². The van der Waals surface area contributed by atoms with Gasteiger partial charge < -0.3 is 0 Å². The zero-order valence-corrected chi connectivity index (χ0v) is 12.3. The van der Waals surface area contributed by atoms with Gasteiger partial charge in [0.15, 0.2) is 0 Å². The Morgan fingerprint density at radius 1 is 0.500 bits per heavy atom. The van der Waals surface area contributed by atoms with Crippen molar-refractivity contribution >= 4 is 0 Å². The molecule has 0 atom stereocenters. The van der Waals surface area contributed by atoms with Gasteiger partial charge in [-0.1, -0.05) is 0 Å². The quantitative estimate of drug-likeness (QED) is 0.318. The van der Waals surface area contributed by atoms with Crippen molar-refractivity contribution < 1.29 is 97.3 Å². The fourth-order valence-electron chi connectivity index (χ4n) is 0. The predicted octanol–water partition coefficient (Wildman–Crippen LogP) is -3.05. The summed E-state index contributed by atoms with van der Waals surface area (Å²) in [4.78, 5) is 0. The van der Waals surface area contributed by atoms with Crippen LogP contribution in [0.3, 0.4) is 0 Å². The first-order valence-corrected chi connectivity index (χ1v) is 9.69. The van der Waals surface area contributed by atoms with E-state index in [9.17, 15) is 21.2 Å². The zero-order chi connectivity index (χ0) is 7.38. The normalized spacial score (nSPS) is 21.7. The molecule has 0 aliphatic carbocycles. The second-order valence-electron chi connectivity index (χ2n) is 1.34. The van der Waals surface area contributed by atoms with Crippen molar-refractivity contribution in [3.8, 4) is 0 Å². The SMILES string of the molecule is [F][Ta-2]([F])([F])([F])([F])([F])[F].[Na+].[Na+]. The molecule has 56 valence electrons. The van der Waals surface area contributed by atoms with Crippen LogP contribution in [0.4, 0.5) is 21.2 Å². The monoisotopic (exact) mass is 360 g/mol. The van der Waals surface area contributed by atoms with Gasteiger partial charge in [0.1, 0.15) is 0 Å². The Hall–Kier alpha value is 2.25. The largest absolute Gasteiger partial charge is 1.00 e. The Morgan fingerprint density at radius 2 is 0.500 bits per heavy atom. The van der Waals surface area contributed by atoms with Crippen molar-refractivity contribution in [3.05, 3.63) is 0 Å². The molecule has 10 heteroatoms. The maximum Gasteiger partial charge on any atom is 1.00 e. The Balaban J connectivity index is -0.000000245. The van der Waals surface area contributed by atoms with Gasteiger partial charge in [-0.15, -0.1) is 0 Å². The van der Waals surface area contributed by atoms with Crippen molar-refractivity contribution in [3.63, 3.8) is 0 Å². The summed E-state index contributed by atoms with van der Waals surface area (Å²) < 4.78 is 69.6. The van der Waals surface area contributed by atoms with Crippen molar-refractivity contribution in [1.29, 1.82) is 0 Å². The van der Waals surface area contributed by atoms with E-state index in [-0.39, 0.29) is 59.1 Å². The van der Waals surface area contributed by atoms with E-state index >= 15 is 0 Å². The molecule has 0 aromatic heterocycles. The predicted molar refractivity (Wildman–Crippen MR) is 7.76 cm³/mol. The van der Waals surface area contributed by atoms with Crippen LogP contribution in [0.15, 0.2) is 0 Å². The van der Waals surface area contributed by atoms with Crippen molar-refractivity contribution in [1.82, 2.24) is 0 Å². The summed E-state index contributed by atoms with van der Waals surface area (Å²) in [5.74, 6) is 0. The maximum absolute atomic E-state index is 13.4. The van der Waals surface area contributed by atoms with Crippen LogP contribution in [0.25, 0.3) is 0 Å². The number of halogens is 7. The van der Waals surface area contributed by atoms with E-state index in [4.69, 9.17) is 0 Å². The second kappa shape index (κ2) is 2.19. The molecule has 0 radical (unpaired) electrons. The second-order valence-corrected chi connectivity index (χ2v) is 11.0. The van der Waals surface area contributed by atoms with Crippen LogP contribution in [0.1, 0.15) is 0 Å². The number of hydrogen-bond donors (Lipinski definition) is 0. The third-order valence-corrected chi connectivity index (χ3v) is 0. The van der Waals surface area contributed by atoms with Gasteiger partial charge in [-0.3, -0.25) is 0 Å². The van der Waals surface area contributed by atoms with E-state index in [1.54, 1.807) is 0 Å². The molecule has 0 aliphatic rings. The Morgan fingerprint density at radius 3 is 0.500 bits per heavy atom. The minimum absolute atomic E-state index is 0. The van der Waals surface area contributed by atoms with Crippen LogP contribution in [0, 0.1) is 0 Å². The summed E-state index contributed by atoms with van der Waals surface area (Å²) in [5, 5.41) is 0. The van der Waals surface area contributed by atoms with Crippen molar-refractivity contribution in [2.45, 2.75) is 0 Å². The minimum Gasteiger partial charge on any atom is 1.00 e. The molecule has 0 nitrogen and oxygen atoms in total. The van der Waals surface area contributed by atoms with Crippen LogP contribution in [-0.2, 0) is 17.0 Å². The average Bonchev–Trinajstić information content (AvgIpc) is 0.544. The van der Waals surface area contributed by atoms with Crippen molar-refractivity contribution in [2.75, 3.05) is 0 Å². The van der Waals surface area contributed by atoms with E-state index in [0.29, 0.717) is 0 Å². The maximum atomic E-state index is 9.94. The van der Waals surface area contributed by atoms with Gasteiger partial charge in [-0.05, 0) is 0 Å². The van der Waals surface area contributed by atoms with E-state index < -0.39 is 17.0 Å². The summed E-state index contributed by atoms with van der Waals surface area (Å²) in [7, 11) is 0. The summed E-state index contributed by atoms with van der Waals surface area (Å²) in [6.07, 6.45) is 0. The molecule has 0 fully saturated rings. The summed E-state index contributed by atoms with van der Waals surface area (Å²) in [6, 6.07) is 0. The first-order chi connectivity index (χ1) is 2.65. The van der Waals surface area contributed by atoms with Gasteiger partial charge in [0.25, 0.3) is 0 Å². The molecule has 10 heavy (non-hydrogen) atoms. The van der Waals surface area contributed by atoms with E-state index in [0.717, 1.165) is 0 Å². The van der Waals surface area contributed by atoms with Crippen molar-refractivity contribution in [2.24, 2.45) is 0 Å². The minimum atomic E-state index is -13.4. The van der Waals surface area contributed by atoms with Gasteiger partial charge in [0, 0.05) is 0 Å².